The van der Waals surface area contributed by atoms with Gasteiger partial charge in [0.1, 0.15) is 5.76 Å². The van der Waals surface area contributed by atoms with E-state index in [1.54, 1.807) is 41.5 Å². The van der Waals surface area contributed by atoms with Crippen LogP contribution >= 0.6 is 11.3 Å². The molecule has 0 spiro atoms. The van der Waals surface area contributed by atoms with Crippen LogP contribution in [0.4, 0.5) is 10.8 Å². The monoisotopic (exact) mass is 433 g/mol. The van der Waals surface area contributed by atoms with Crippen molar-refractivity contribution in [3.05, 3.63) is 93.9 Å². The van der Waals surface area contributed by atoms with Crippen LogP contribution in [0.2, 0.25) is 0 Å². The maximum Gasteiger partial charge on any atom is 0.270 e. The van der Waals surface area contributed by atoms with Gasteiger partial charge in [-0.25, -0.2) is 4.98 Å². The molecule has 2 aromatic heterocycles. The average Bonchev–Trinajstić information content (AvgIpc) is 3.45. The van der Waals surface area contributed by atoms with Crippen molar-refractivity contribution >= 4 is 44.4 Å². The van der Waals surface area contributed by atoms with Gasteiger partial charge >= 0.3 is 0 Å². The predicted octanol–water partition coefficient (Wildman–Crippen LogP) is 5.61. The highest BCUT2D eigenvalue weighted by atomic mass is 32.1. The third kappa shape index (κ3) is 4.54. The smallest absolute Gasteiger partial charge is 0.270 e. The van der Waals surface area contributed by atoms with Crippen molar-refractivity contribution in [2.45, 2.75) is 19.9 Å². The van der Waals surface area contributed by atoms with Crippen molar-refractivity contribution < 1.29 is 14.1 Å². The molecule has 0 unspecified atom stereocenters. The van der Waals surface area contributed by atoms with Gasteiger partial charge in [-0.05, 0) is 41.8 Å². The standard InChI is InChI=1S/C23H19N3O4S/c1-2-17-7-4-10-20-22(17)24-23(31-20)25(15-19-9-5-13-30-19)21(27)12-11-16-6-3-8-18(14-16)26(28)29/h3-14H,2,15H2,1H3/b12-11+. The Balaban J connectivity index is 1.67. The second kappa shape index (κ2) is 8.93. The molecule has 1 amide bonds. The van der Waals surface area contributed by atoms with E-state index in [0.29, 0.717) is 16.5 Å². The van der Waals surface area contributed by atoms with Crippen LogP contribution in [-0.4, -0.2) is 15.8 Å². The topological polar surface area (TPSA) is 89.5 Å². The summed E-state index contributed by atoms with van der Waals surface area (Å²) in [5.41, 5.74) is 2.56. The van der Waals surface area contributed by atoms with Gasteiger partial charge in [0.05, 0.1) is 27.9 Å². The van der Waals surface area contributed by atoms with E-state index in [1.807, 2.05) is 18.2 Å². The van der Waals surface area contributed by atoms with Crippen LogP contribution in [0.25, 0.3) is 16.3 Å². The Morgan fingerprint density at radius 3 is 2.81 bits per heavy atom. The normalized spacial score (nSPS) is 11.3. The zero-order chi connectivity index (χ0) is 21.8. The van der Waals surface area contributed by atoms with Gasteiger partial charge in [0.2, 0.25) is 0 Å². The number of carbonyl (C=O) groups is 1. The van der Waals surface area contributed by atoms with Crippen LogP contribution in [-0.2, 0) is 17.8 Å². The number of anilines is 1. The van der Waals surface area contributed by atoms with Gasteiger partial charge in [0, 0.05) is 18.2 Å². The molecule has 7 nitrogen and oxygen atoms in total. The van der Waals surface area contributed by atoms with E-state index < -0.39 is 4.92 Å². The molecule has 2 heterocycles. The van der Waals surface area contributed by atoms with Crippen LogP contribution in [0.5, 0.6) is 0 Å². The molecule has 0 aliphatic heterocycles. The fourth-order valence-corrected chi connectivity index (χ4v) is 4.21. The number of fused-ring (bicyclic) bond motifs is 1. The summed E-state index contributed by atoms with van der Waals surface area (Å²) in [6.45, 7) is 2.30. The molecule has 0 aliphatic rings. The summed E-state index contributed by atoms with van der Waals surface area (Å²) in [6.07, 6.45) is 5.37. The number of rotatable bonds is 7. The lowest BCUT2D eigenvalue weighted by atomic mass is 10.1. The summed E-state index contributed by atoms with van der Waals surface area (Å²) in [5, 5.41) is 11.6. The van der Waals surface area contributed by atoms with E-state index in [9.17, 15) is 14.9 Å². The summed E-state index contributed by atoms with van der Waals surface area (Å²) in [7, 11) is 0. The first-order valence-electron chi connectivity index (χ1n) is 9.70. The highest BCUT2D eigenvalue weighted by molar-refractivity contribution is 7.22. The molecule has 4 rings (SSSR count). The number of non-ortho nitro benzene ring substituents is 1. The Kier molecular flexibility index (Phi) is 5.90. The van der Waals surface area contributed by atoms with Gasteiger partial charge in [0.25, 0.3) is 11.6 Å². The minimum atomic E-state index is -0.463. The maximum atomic E-state index is 13.1. The second-order valence-corrected chi connectivity index (χ2v) is 7.81. The number of aromatic nitrogens is 1. The van der Waals surface area contributed by atoms with Gasteiger partial charge < -0.3 is 4.42 Å². The number of hydrogen-bond donors (Lipinski definition) is 0. The molecule has 0 radical (unpaired) electrons. The zero-order valence-corrected chi connectivity index (χ0v) is 17.5. The van der Waals surface area contributed by atoms with Crippen molar-refractivity contribution in [3.63, 3.8) is 0 Å². The Bertz CT molecular complexity index is 1260. The van der Waals surface area contributed by atoms with Gasteiger partial charge in [-0.3, -0.25) is 19.8 Å². The number of aryl methyl sites for hydroxylation is 1. The van der Waals surface area contributed by atoms with Gasteiger partial charge in [-0.1, -0.05) is 42.5 Å². The molecule has 0 bridgehead atoms. The Morgan fingerprint density at radius 1 is 1.23 bits per heavy atom. The van der Waals surface area contributed by atoms with Crippen LogP contribution in [0, 0.1) is 10.1 Å². The Morgan fingerprint density at radius 2 is 2.06 bits per heavy atom. The van der Waals surface area contributed by atoms with E-state index in [1.165, 1.54) is 29.5 Å². The summed E-state index contributed by atoms with van der Waals surface area (Å²) < 4.78 is 6.45. The molecule has 0 aliphatic carbocycles. The number of amides is 1. The van der Waals surface area contributed by atoms with Crippen LogP contribution < -0.4 is 4.90 Å². The van der Waals surface area contributed by atoms with Gasteiger partial charge in [0.15, 0.2) is 5.13 Å². The maximum absolute atomic E-state index is 13.1. The Labute approximate surface area is 182 Å². The molecular formula is C23H19N3O4S. The highest BCUT2D eigenvalue weighted by Crippen LogP contribution is 2.32. The van der Waals surface area contributed by atoms with Gasteiger partial charge in [-0.15, -0.1) is 0 Å². The number of hydrogen-bond acceptors (Lipinski definition) is 6. The lowest BCUT2D eigenvalue weighted by molar-refractivity contribution is -0.384. The van der Waals surface area contributed by atoms with Crippen LogP contribution in [0.1, 0.15) is 23.8 Å². The number of thiazole rings is 1. The lowest BCUT2D eigenvalue weighted by Gasteiger charge is -2.16. The first-order valence-corrected chi connectivity index (χ1v) is 10.5. The SMILES string of the molecule is CCc1cccc2sc(N(Cc3ccco3)C(=O)/C=C/c3cccc([N+](=O)[O-])c3)nc12. The molecule has 0 fully saturated rings. The summed E-state index contributed by atoms with van der Waals surface area (Å²) in [4.78, 5) is 29.9. The van der Waals surface area contributed by atoms with Crippen LogP contribution in [0.15, 0.2) is 71.4 Å². The van der Waals surface area contributed by atoms with Crippen molar-refractivity contribution in [1.82, 2.24) is 4.98 Å². The second-order valence-electron chi connectivity index (χ2n) is 6.80. The molecule has 8 heteroatoms. The first-order chi connectivity index (χ1) is 15.0. The van der Waals surface area contributed by atoms with Crippen molar-refractivity contribution in [2.24, 2.45) is 0 Å². The molecule has 31 heavy (non-hydrogen) atoms. The molecule has 0 saturated heterocycles. The first kappa shape index (κ1) is 20.5. The van der Waals surface area contributed by atoms with E-state index in [0.717, 1.165) is 22.2 Å². The number of nitro benzene ring substituents is 1. The largest absolute Gasteiger partial charge is 0.467 e. The average molecular weight is 433 g/mol. The van der Waals surface area contributed by atoms with Crippen LogP contribution in [0.3, 0.4) is 0 Å². The number of nitro groups is 1. The summed E-state index contributed by atoms with van der Waals surface area (Å²) >= 11 is 1.44. The molecular weight excluding hydrogens is 414 g/mol. The van der Waals surface area contributed by atoms with E-state index in [-0.39, 0.29) is 18.1 Å². The quantitative estimate of drug-likeness (QED) is 0.215. The van der Waals surface area contributed by atoms with Crippen molar-refractivity contribution in [2.75, 3.05) is 4.90 Å². The van der Waals surface area contributed by atoms with Crippen molar-refractivity contribution in [3.8, 4) is 0 Å². The van der Waals surface area contributed by atoms with Crippen molar-refractivity contribution in [1.29, 1.82) is 0 Å². The van der Waals surface area contributed by atoms with Gasteiger partial charge in [-0.2, -0.15) is 0 Å². The van der Waals surface area contributed by atoms with E-state index >= 15 is 0 Å². The van der Waals surface area contributed by atoms with E-state index in [2.05, 4.69) is 6.92 Å². The highest BCUT2D eigenvalue weighted by Gasteiger charge is 2.20. The number of carbonyl (C=O) groups excluding carboxylic acids is 1. The third-order valence-electron chi connectivity index (χ3n) is 4.76. The Hall–Kier alpha value is -3.78. The molecule has 4 aromatic rings. The predicted molar refractivity (Wildman–Crippen MR) is 121 cm³/mol. The zero-order valence-electron chi connectivity index (χ0n) is 16.7. The molecule has 156 valence electrons. The molecule has 2 aromatic carbocycles. The number of para-hydroxylation sites is 1. The minimum Gasteiger partial charge on any atom is -0.467 e. The lowest BCUT2D eigenvalue weighted by Crippen LogP contribution is -2.28. The fourth-order valence-electron chi connectivity index (χ4n) is 3.19. The van der Waals surface area contributed by atoms with E-state index in [4.69, 9.17) is 9.40 Å². The fraction of sp³-hybridized carbons (Fsp3) is 0.130. The minimum absolute atomic E-state index is 0.0275. The molecule has 0 saturated carbocycles. The molecule has 0 atom stereocenters. The third-order valence-corrected chi connectivity index (χ3v) is 5.81. The number of benzene rings is 2. The summed E-state index contributed by atoms with van der Waals surface area (Å²) in [5.74, 6) is 0.340. The molecule has 0 N–H and O–H groups in total. The summed E-state index contributed by atoms with van der Waals surface area (Å²) in [6, 6.07) is 15.7. The number of nitrogens with zero attached hydrogens (tertiary/aromatic N) is 3. The number of furan rings is 1.